The Balaban J connectivity index is 2.14. The molecule has 0 heterocycles. The molecule has 1 atom stereocenters. The molecule has 0 radical (unpaired) electrons. The average Bonchev–Trinajstić information content (AvgIpc) is 2.48. The molecule has 4 nitrogen and oxygen atoms in total. The maximum Gasteiger partial charge on any atom is 0.255 e. The van der Waals surface area contributed by atoms with E-state index in [1.54, 1.807) is 50.4 Å². The maximum absolute atomic E-state index is 12.2. The second kappa shape index (κ2) is 6.41. The van der Waals surface area contributed by atoms with E-state index in [1.807, 2.05) is 13.0 Å². The number of hydrogen-bond acceptors (Lipinski definition) is 3. The van der Waals surface area contributed by atoms with E-state index >= 15 is 0 Å². The van der Waals surface area contributed by atoms with Crippen molar-refractivity contribution in [1.29, 1.82) is 0 Å². The fourth-order valence-corrected chi connectivity index (χ4v) is 2.01. The zero-order chi connectivity index (χ0) is 15.4. The smallest absolute Gasteiger partial charge is 0.255 e. The summed E-state index contributed by atoms with van der Waals surface area (Å²) in [4.78, 5) is 12.2. The Labute approximate surface area is 124 Å². The second-order valence-electron chi connectivity index (χ2n) is 4.94. The van der Waals surface area contributed by atoms with Crippen LogP contribution in [0.25, 0.3) is 0 Å². The second-order valence-corrected chi connectivity index (χ2v) is 4.94. The highest BCUT2D eigenvalue weighted by atomic mass is 16.5. The predicted molar refractivity (Wildman–Crippen MR) is 82.8 cm³/mol. The van der Waals surface area contributed by atoms with Gasteiger partial charge in [0.25, 0.3) is 5.91 Å². The van der Waals surface area contributed by atoms with Gasteiger partial charge < -0.3 is 15.2 Å². The fraction of sp³-hybridized carbons (Fsp3) is 0.235. The maximum atomic E-state index is 12.2. The molecule has 0 aliphatic rings. The van der Waals surface area contributed by atoms with Gasteiger partial charge in [0.05, 0.1) is 13.2 Å². The number of hydrogen-bond donors (Lipinski definition) is 2. The lowest BCUT2D eigenvalue weighted by atomic mass is 10.1. The summed E-state index contributed by atoms with van der Waals surface area (Å²) >= 11 is 0. The molecule has 2 aromatic carbocycles. The first-order valence-electron chi connectivity index (χ1n) is 6.75. The molecule has 110 valence electrons. The van der Waals surface area contributed by atoms with E-state index in [1.165, 1.54) is 0 Å². The van der Waals surface area contributed by atoms with E-state index < -0.39 is 6.10 Å². The highest BCUT2D eigenvalue weighted by molar-refractivity contribution is 6.04. The number of aryl methyl sites for hydroxylation is 1. The summed E-state index contributed by atoms with van der Waals surface area (Å²) < 4.78 is 5.22. The van der Waals surface area contributed by atoms with Crippen molar-refractivity contribution < 1.29 is 14.6 Å². The number of methoxy groups -OCH3 is 1. The number of carbonyl (C=O) groups excluding carboxylic acids is 1. The molecule has 0 saturated carbocycles. The Hall–Kier alpha value is -2.33. The summed E-state index contributed by atoms with van der Waals surface area (Å²) in [6.45, 7) is 3.63. The molecule has 0 aliphatic carbocycles. The molecule has 1 unspecified atom stereocenters. The Morgan fingerprint density at radius 3 is 2.43 bits per heavy atom. The van der Waals surface area contributed by atoms with Crippen LogP contribution in [0.4, 0.5) is 5.69 Å². The van der Waals surface area contributed by atoms with Crippen LogP contribution in [0.3, 0.4) is 0 Å². The molecule has 0 spiro atoms. The quantitative estimate of drug-likeness (QED) is 0.906. The van der Waals surface area contributed by atoms with Crippen molar-refractivity contribution in [3.05, 3.63) is 59.2 Å². The Kier molecular flexibility index (Phi) is 4.60. The highest BCUT2D eigenvalue weighted by Crippen LogP contribution is 2.20. The summed E-state index contributed by atoms with van der Waals surface area (Å²) in [6.07, 6.45) is -0.517. The average molecular weight is 285 g/mol. The number of anilines is 1. The Morgan fingerprint density at radius 1 is 1.19 bits per heavy atom. The number of benzene rings is 2. The highest BCUT2D eigenvalue weighted by Gasteiger charge is 2.09. The van der Waals surface area contributed by atoms with Crippen LogP contribution >= 0.6 is 0 Å². The number of aliphatic hydroxyl groups excluding tert-OH is 1. The van der Waals surface area contributed by atoms with Crippen LogP contribution < -0.4 is 10.1 Å². The van der Waals surface area contributed by atoms with E-state index in [9.17, 15) is 9.90 Å². The molecule has 0 fully saturated rings. The largest absolute Gasteiger partial charge is 0.496 e. The molecule has 0 aromatic heterocycles. The lowest BCUT2D eigenvalue weighted by molar-refractivity contribution is 0.102. The van der Waals surface area contributed by atoms with Crippen LogP contribution in [0.1, 0.15) is 34.5 Å². The first-order valence-corrected chi connectivity index (χ1v) is 6.75. The SMILES string of the molecule is COc1cc(C(=O)Nc2ccc(C(C)O)cc2)ccc1C. The predicted octanol–water partition coefficient (Wildman–Crippen LogP) is 3.31. The van der Waals surface area contributed by atoms with Crippen LogP contribution in [0.2, 0.25) is 0 Å². The van der Waals surface area contributed by atoms with Crippen molar-refractivity contribution >= 4 is 11.6 Å². The molecular formula is C17H19NO3. The van der Waals surface area contributed by atoms with Gasteiger partial charge >= 0.3 is 0 Å². The van der Waals surface area contributed by atoms with Crippen molar-refractivity contribution in [2.24, 2.45) is 0 Å². The molecule has 2 rings (SSSR count). The number of ether oxygens (including phenoxy) is 1. The van der Waals surface area contributed by atoms with Crippen molar-refractivity contribution in [2.75, 3.05) is 12.4 Å². The molecule has 4 heteroatoms. The van der Waals surface area contributed by atoms with Crippen molar-refractivity contribution in [2.45, 2.75) is 20.0 Å². The van der Waals surface area contributed by atoms with Crippen LogP contribution in [0.15, 0.2) is 42.5 Å². The number of nitrogens with one attached hydrogen (secondary N) is 1. The first kappa shape index (κ1) is 15.1. The number of amides is 1. The van der Waals surface area contributed by atoms with Gasteiger partial charge in [-0.1, -0.05) is 18.2 Å². The van der Waals surface area contributed by atoms with E-state index in [0.717, 1.165) is 11.1 Å². The molecule has 0 saturated heterocycles. The minimum absolute atomic E-state index is 0.196. The number of rotatable bonds is 4. The topological polar surface area (TPSA) is 58.6 Å². The zero-order valence-electron chi connectivity index (χ0n) is 12.4. The van der Waals surface area contributed by atoms with Gasteiger partial charge in [0.2, 0.25) is 0 Å². The summed E-state index contributed by atoms with van der Waals surface area (Å²) in [5.74, 6) is 0.491. The van der Waals surface area contributed by atoms with Gasteiger partial charge in [-0.3, -0.25) is 4.79 Å². The van der Waals surface area contributed by atoms with Gasteiger partial charge in [-0.05, 0) is 49.2 Å². The van der Waals surface area contributed by atoms with Crippen molar-refractivity contribution in [1.82, 2.24) is 0 Å². The summed E-state index contributed by atoms with van der Waals surface area (Å²) in [7, 11) is 1.58. The minimum atomic E-state index is -0.517. The van der Waals surface area contributed by atoms with Gasteiger partial charge in [0.1, 0.15) is 5.75 Å². The Bertz CT molecular complexity index is 633. The number of carbonyl (C=O) groups is 1. The summed E-state index contributed by atoms with van der Waals surface area (Å²) in [5.41, 5.74) is 3.02. The van der Waals surface area contributed by atoms with Crippen LogP contribution in [-0.2, 0) is 0 Å². The van der Waals surface area contributed by atoms with Crippen LogP contribution in [0.5, 0.6) is 5.75 Å². The minimum Gasteiger partial charge on any atom is -0.496 e. The van der Waals surface area contributed by atoms with Gasteiger partial charge in [-0.15, -0.1) is 0 Å². The molecule has 0 aliphatic heterocycles. The molecule has 0 bridgehead atoms. The third kappa shape index (κ3) is 3.61. The summed E-state index contributed by atoms with van der Waals surface area (Å²) in [6, 6.07) is 12.4. The summed E-state index contributed by atoms with van der Waals surface area (Å²) in [5, 5.41) is 12.3. The van der Waals surface area contributed by atoms with Crippen molar-refractivity contribution in [3.63, 3.8) is 0 Å². The van der Waals surface area contributed by atoms with E-state index in [-0.39, 0.29) is 5.91 Å². The lowest BCUT2D eigenvalue weighted by Crippen LogP contribution is -2.12. The third-order valence-corrected chi connectivity index (χ3v) is 3.32. The van der Waals surface area contributed by atoms with E-state index in [4.69, 9.17) is 4.74 Å². The van der Waals surface area contributed by atoms with Gasteiger partial charge in [-0.25, -0.2) is 0 Å². The zero-order valence-corrected chi connectivity index (χ0v) is 12.4. The molecule has 21 heavy (non-hydrogen) atoms. The molecular weight excluding hydrogens is 266 g/mol. The van der Waals surface area contributed by atoms with Crippen molar-refractivity contribution in [3.8, 4) is 5.75 Å². The van der Waals surface area contributed by atoms with Crippen LogP contribution in [0, 0.1) is 6.92 Å². The monoisotopic (exact) mass is 285 g/mol. The fourth-order valence-electron chi connectivity index (χ4n) is 2.01. The molecule has 2 N–H and O–H groups in total. The van der Waals surface area contributed by atoms with E-state index in [2.05, 4.69) is 5.32 Å². The van der Waals surface area contributed by atoms with Gasteiger partial charge in [0.15, 0.2) is 0 Å². The van der Waals surface area contributed by atoms with Gasteiger partial charge in [-0.2, -0.15) is 0 Å². The van der Waals surface area contributed by atoms with E-state index in [0.29, 0.717) is 17.0 Å². The standard InChI is InChI=1S/C17H19NO3/c1-11-4-5-14(10-16(11)21-3)17(20)18-15-8-6-13(7-9-15)12(2)19/h4-10,12,19H,1-3H3,(H,18,20). The van der Waals surface area contributed by atoms with Crippen LogP contribution in [-0.4, -0.2) is 18.1 Å². The first-order chi connectivity index (χ1) is 10.0. The normalized spacial score (nSPS) is 11.8. The lowest BCUT2D eigenvalue weighted by Gasteiger charge is -2.10. The Morgan fingerprint density at radius 2 is 1.86 bits per heavy atom. The number of aliphatic hydroxyl groups is 1. The molecule has 1 amide bonds. The van der Waals surface area contributed by atoms with Gasteiger partial charge in [0, 0.05) is 11.3 Å². The third-order valence-electron chi connectivity index (χ3n) is 3.32. The molecule has 2 aromatic rings.